The highest BCUT2D eigenvalue weighted by molar-refractivity contribution is 5.47. The van der Waals surface area contributed by atoms with Crippen LogP contribution >= 0.6 is 0 Å². The molecule has 2 spiro atoms. The van der Waals surface area contributed by atoms with Crippen LogP contribution in [0.1, 0.15) is 124 Å². The molecular weight excluding hydrogens is 426 g/mol. The van der Waals surface area contributed by atoms with Crippen molar-refractivity contribution in [2.45, 2.75) is 130 Å². The smallest absolute Gasteiger partial charge is 0.0571 e. The molecule has 8 unspecified atom stereocenters. The molecule has 2 nitrogen and oxygen atoms in total. The molecule has 9 atom stereocenters. The lowest BCUT2D eigenvalue weighted by molar-refractivity contribution is -0.0784. The fourth-order valence-electron chi connectivity index (χ4n) is 13.5. The Hall–Kier alpha value is -0.340. The van der Waals surface area contributed by atoms with Crippen molar-refractivity contribution in [2.24, 2.45) is 44.3 Å². The van der Waals surface area contributed by atoms with Gasteiger partial charge < -0.3 is 10.0 Å². The summed E-state index contributed by atoms with van der Waals surface area (Å²) in [5.41, 5.74) is 4.59. The number of aliphatic hydroxyl groups is 1. The molecule has 1 N–H and O–H groups in total. The van der Waals surface area contributed by atoms with Gasteiger partial charge in [0.15, 0.2) is 0 Å². The lowest BCUT2D eigenvalue weighted by atomic mass is 9.40. The normalized spacial score (nSPS) is 57.3. The van der Waals surface area contributed by atoms with E-state index in [2.05, 4.69) is 38.7 Å². The van der Waals surface area contributed by atoms with E-state index in [1.165, 1.54) is 110 Å². The molecule has 0 aromatic rings. The number of hydrogen-bond donors (Lipinski definition) is 1. The van der Waals surface area contributed by atoms with Gasteiger partial charge in [0, 0.05) is 0 Å². The van der Waals surface area contributed by atoms with Crippen LogP contribution in [0.15, 0.2) is 11.6 Å². The van der Waals surface area contributed by atoms with Crippen LogP contribution in [0.25, 0.3) is 0 Å². The lowest BCUT2D eigenvalue weighted by Crippen LogP contribution is -2.56. The standard InChI is InChI=1S/C33H53NO/c1-24-27(35)12-14-30(4)32(24)19-17-29(3)28(2)16-18-31(20-23-34-21-8-5-9-22-34)13-7-6-10-26(31)25(28)11-15-33(29,30)32/h11,24,26-27,35H,5-10,12-23H2,1-4H3/t24?,26?,27?,28-,29?,30?,31?,32?,33?/m1/s1. The molecule has 6 fully saturated rings. The minimum atomic E-state index is -0.0740. The fraction of sp³-hybridized carbons (Fsp3) is 0.939. The van der Waals surface area contributed by atoms with Gasteiger partial charge in [-0.15, -0.1) is 0 Å². The van der Waals surface area contributed by atoms with Crippen molar-refractivity contribution in [2.75, 3.05) is 19.6 Å². The van der Waals surface area contributed by atoms with Crippen molar-refractivity contribution >= 4 is 0 Å². The summed E-state index contributed by atoms with van der Waals surface area (Å²) in [5.74, 6) is 1.32. The molecule has 1 heterocycles. The molecule has 5 saturated carbocycles. The van der Waals surface area contributed by atoms with Crippen molar-refractivity contribution in [3.63, 3.8) is 0 Å². The molecule has 196 valence electrons. The summed E-state index contributed by atoms with van der Waals surface area (Å²) in [6.07, 6.45) is 23.7. The number of allylic oxidation sites excluding steroid dienone is 2. The zero-order chi connectivity index (χ0) is 24.3. The molecule has 0 bridgehead atoms. The van der Waals surface area contributed by atoms with Gasteiger partial charge in [0.25, 0.3) is 0 Å². The molecule has 35 heavy (non-hydrogen) atoms. The van der Waals surface area contributed by atoms with Crippen molar-refractivity contribution in [1.82, 2.24) is 4.90 Å². The van der Waals surface area contributed by atoms with Gasteiger partial charge in [0.05, 0.1) is 6.10 Å². The molecule has 0 aromatic heterocycles. The SMILES string of the molecule is CC1C(O)CCC2(C)C13CCC1(C)C23CC=C2C3CCCCC3(CCN3CCCCC3)CC[C@]21C. The Labute approximate surface area is 215 Å². The van der Waals surface area contributed by atoms with E-state index in [1.54, 1.807) is 0 Å². The van der Waals surface area contributed by atoms with Crippen LogP contribution in [0.3, 0.4) is 0 Å². The van der Waals surface area contributed by atoms with Gasteiger partial charge in [-0.05, 0) is 141 Å². The Morgan fingerprint density at radius 2 is 1.66 bits per heavy atom. The highest BCUT2D eigenvalue weighted by Gasteiger charge is 2.94. The topological polar surface area (TPSA) is 23.5 Å². The van der Waals surface area contributed by atoms with Gasteiger partial charge in [-0.2, -0.15) is 0 Å². The summed E-state index contributed by atoms with van der Waals surface area (Å²) in [6, 6.07) is 0. The third-order valence-corrected chi connectivity index (χ3v) is 15.4. The zero-order valence-corrected chi connectivity index (χ0v) is 23.4. The van der Waals surface area contributed by atoms with Gasteiger partial charge in [0.2, 0.25) is 0 Å². The fourth-order valence-corrected chi connectivity index (χ4v) is 13.5. The van der Waals surface area contributed by atoms with E-state index in [1.807, 2.05) is 5.57 Å². The first-order chi connectivity index (χ1) is 16.7. The first-order valence-electron chi connectivity index (χ1n) is 15.8. The average Bonchev–Trinajstić information content (AvgIpc) is 3.19. The average molecular weight is 480 g/mol. The summed E-state index contributed by atoms with van der Waals surface area (Å²) in [6.45, 7) is 14.7. The van der Waals surface area contributed by atoms with Gasteiger partial charge >= 0.3 is 0 Å². The van der Waals surface area contributed by atoms with Gasteiger partial charge in [-0.3, -0.25) is 0 Å². The zero-order valence-electron chi connectivity index (χ0n) is 23.4. The Morgan fingerprint density at radius 1 is 0.857 bits per heavy atom. The van der Waals surface area contributed by atoms with E-state index in [0.717, 1.165) is 12.3 Å². The summed E-state index contributed by atoms with van der Waals surface area (Å²) in [7, 11) is 0. The molecule has 1 saturated heterocycles. The first-order valence-corrected chi connectivity index (χ1v) is 15.8. The van der Waals surface area contributed by atoms with E-state index < -0.39 is 0 Å². The van der Waals surface area contributed by atoms with E-state index in [-0.39, 0.29) is 6.10 Å². The van der Waals surface area contributed by atoms with Crippen LogP contribution in [-0.4, -0.2) is 35.7 Å². The molecule has 7 rings (SSSR count). The molecule has 6 aliphatic carbocycles. The second-order valence-electron chi connectivity index (χ2n) is 15.4. The van der Waals surface area contributed by atoms with Gasteiger partial charge in [0.1, 0.15) is 0 Å². The number of nitrogens with zero attached hydrogens (tertiary/aromatic N) is 1. The molecule has 1 aliphatic heterocycles. The lowest BCUT2D eigenvalue weighted by Gasteiger charge is -2.64. The van der Waals surface area contributed by atoms with Crippen molar-refractivity contribution < 1.29 is 5.11 Å². The molecule has 0 amide bonds. The summed E-state index contributed by atoms with van der Waals surface area (Å²) in [5, 5.41) is 11.0. The molecule has 7 aliphatic rings. The second-order valence-corrected chi connectivity index (χ2v) is 15.4. The predicted molar refractivity (Wildman–Crippen MR) is 144 cm³/mol. The highest BCUT2D eigenvalue weighted by atomic mass is 16.3. The Kier molecular flexibility index (Phi) is 5.02. The molecular formula is C33H53NO. The third-order valence-electron chi connectivity index (χ3n) is 15.4. The number of likely N-dealkylation sites (tertiary alicyclic amines) is 1. The van der Waals surface area contributed by atoms with Crippen LogP contribution in [0.2, 0.25) is 0 Å². The predicted octanol–water partition coefficient (Wildman–Crippen LogP) is 7.75. The van der Waals surface area contributed by atoms with E-state index in [9.17, 15) is 5.11 Å². The number of piperidine rings is 1. The Bertz CT molecular complexity index is 920. The molecule has 0 radical (unpaired) electrons. The molecule has 0 aromatic carbocycles. The highest BCUT2D eigenvalue weighted by Crippen LogP contribution is 2.99. The largest absolute Gasteiger partial charge is 0.393 e. The number of fused-ring (bicyclic) bond motifs is 4. The second kappa shape index (κ2) is 7.40. The van der Waals surface area contributed by atoms with Crippen LogP contribution in [-0.2, 0) is 0 Å². The molecule has 2 heteroatoms. The quantitative estimate of drug-likeness (QED) is 0.418. The summed E-state index contributed by atoms with van der Waals surface area (Å²) >= 11 is 0. The van der Waals surface area contributed by atoms with E-state index >= 15 is 0 Å². The van der Waals surface area contributed by atoms with Gasteiger partial charge in [-0.25, -0.2) is 0 Å². The third kappa shape index (κ3) is 2.48. The maximum atomic E-state index is 11.0. The van der Waals surface area contributed by atoms with Crippen LogP contribution < -0.4 is 0 Å². The van der Waals surface area contributed by atoms with Gasteiger partial charge in [-0.1, -0.05) is 58.6 Å². The number of hydrogen-bond acceptors (Lipinski definition) is 2. The Balaban J connectivity index is 1.25. The summed E-state index contributed by atoms with van der Waals surface area (Å²) in [4.78, 5) is 2.81. The van der Waals surface area contributed by atoms with E-state index in [4.69, 9.17) is 0 Å². The Morgan fingerprint density at radius 3 is 2.46 bits per heavy atom. The minimum Gasteiger partial charge on any atom is -0.393 e. The monoisotopic (exact) mass is 479 g/mol. The summed E-state index contributed by atoms with van der Waals surface area (Å²) < 4.78 is 0. The number of rotatable bonds is 3. The maximum Gasteiger partial charge on any atom is 0.0571 e. The first kappa shape index (κ1) is 23.8. The van der Waals surface area contributed by atoms with Crippen molar-refractivity contribution in [3.05, 3.63) is 11.6 Å². The maximum absolute atomic E-state index is 11.0. The van der Waals surface area contributed by atoms with Crippen LogP contribution in [0.4, 0.5) is 0 Å². The number of aliphatic hydroxyl groups excluding tert-OH is 1. The minimum absolute atomic E-state index is 0.0740. The van der Waals surface area contributed by atoms with Crippen LogP contribution in [0, 0.1) is 44.3 Å². The van der Waals surface area contributed by atoms with Crippen molar-refractivity contribution in [1.29, 1.82) is 0 Å². The van der Waals surface area contributed by atoms with Crippen molar-refractivity contribution in [3.8, 4) is 0 Å². The van der Waals surface area contributed by atoms with E-state index in [0.29, 0.717) is 38.4 Å². The van der Waals surface area contributed by atoms with Crippen LogP contribution in [0.5, 0.6) is 0 Å².